The number of carbonyl (C=O) groups is 2. The summed E-state index contributed by atoms with van der Waals surface area (Å²) in [5, 5.41) is 17.2. The lowest BCUT2D eigenvalue weighted by molar-refractivity contribution is -0.117. The van der Waals surface area contributed by atoms with E-state index in [1.165, 1.54) is 6.20 Å². The van der Waals surface area contributed by atoms with Crippen molar-refractivity contribution in [2.45, 2.75) is 39.7 Å². The molecule has 2 amide bonds. The van der Waals surface area contributed by atoms with Crippen molar-refractivity contribution in [1.29, 1.82) is 0 Å². The van der Waals surface area contributed by atoms with E-state index < -0.39 is 5.91 Å². The lowest BCUT2D eigenvalue weighted by atomic mass is 10.0. The number of benzene rings is 1. The lowest BCUT2D eigenvalue weighted by Crippen LogP contribution is -2.25. The molecule has 35 heavy (non-hydrogen) atoms. The van der Waals surface area contributed by atoms with Crippen LogP contribution in [0.15, 0.2) is 60.7 Å². The van der Waals surface area contributed by atoms with Crippen molar-refractivity contribution >= 4 is 23.3 Å². The van der Waals surface area contributed by atoms with Gasteiger partial charge in [0.1, 0.15) is 11.5 Å². The Hall–Kier alpha value is -4.27. The van der Waals surface area contributed by atoms with Gasteiger partial charge in [-0.2, -0.15) is 10.2 Å². The van der Waals surface area contributed by atoms with Crippen LogP contribution in [0.1, 0.15) is 32.3 Å². The molecular weight excluding hydrogens is 442 g/mol. The summed E-state index contributed by atoms with van der Waals surface area (Å²) < 4.78 is 0. The van der Waals surface area contributed by atoms with Crippen LogP contribution in [-0.4, -0.2) is 33.0 Å². The molecule has 1 aliphatic rings. The van der Waals surface area contributed by atoms with Gasteiger partial charge in [0.2, 0.25) is 5.91 Å². The van der Waals surface area contributed by atoms with Gasteiger partial charge in [0.25, 0.3) is 5.91 Å². The summed E-state index contributed by atoms with van der Waals surface area (Å²) >= 11 is 0. The molecule has 5 N–H and O–H groups in total. The standard InChI is InChI=1S/C26H29N7O2/c1-15(2)29-14-22(27)26(35)31-20-7-4-16(3)21(12-20)23-10-19(13-30-33-23)18-8-9-28-24(11-18)32-25(34)17-5-6-17/h4,7-15,17,29H,5-6,27H2,1-3H3,(H,31,35)(H,28,32,34)/b22-14-. The molecular formula is C26H29N7O2. The van der Waals surface area contributed by atoms with Crippen LogP contribution >= 0.6 is 0 Å². The molecule has 0 saturated heterocycles. The van der Waals surface area contributed by atoms with Gasteiger partial charge in [-0.3, -0.25) is 9.59 Å². The van der Waals surface area contributed by atoms with Gasteiger partial charge in [-0.15, -0.1) is 0 Å². The van der Waals surface area contributed by atoms with Crippen molar-refractivity contribution < 1.29 is 9.59 Å². The number of hydrogen-bond acceptors (Lipinski definition) is 7. The summed E-state index contributed by atoms with van der Waals surface area (Å²) in [4.78, 5) is 28.8. The number of nitrogens with zero attached hydrogens (tertiary/aromatic N) is 3. The Labute approximate surface area is 204 Å². The van der Waals surface area contributed by atoms with E-state index in [4.69, 9.17) is 5.73 Å². The number of aromatic nitrogens is 3. The first-order valence-electron chi connectivity index (χ1n) is 11.5. The number of nitrogens with one attached hydrogen (secondary N) is 3. The van der Waals surface area contributed by atoms with Gasteiger partial charge >= 0.3 is 0 Å². The molecule has 1 aromatic carbocycles. The van der Waals surface area contributed by atoms with E-state index in [9.17, 15) is 9.59 Å². The largest absolute Gasteiger partial charge is 0.393 e. The van der Waals surface area contributed by atoms with Gasteiger partial charge in [-0.1, -0.05) is 6.07 Å². The predicted molar refractivity (Wildman–Crippen MR) is 136 cm³/mol. The first-order chi connectivity index (χ1) is 16.8. The molecule has 4 rings (SSSR count). The maximum atomic E-state index is 12.4. The first-order valence-corrected chi connectivity index (χ1v) is 11.5. The minimum absolute atomic E-state index is 0.00754. The van der Waals surface area contributed by atoms with E-state index >= 15 is 0 Å². The zero-order valence-corrected chi connectivity index (χ0v) is 20.0. The Kier molecular flexibility index (Phi) is 7.05. The number of rotatable bonds is 8. The molecule has 0 atom stereocenters. The van der Waals surface area contributed by atoms with E-state index in [2.05, 4.69) is 31.1 Å². The predicted octanol–water partition coefficient (Wildman–Crippen LogP) is 3.60. The Morgan fingerprint density at radius 3 is 2.63 bits per heavy atom. The molecule has 2 aromatic heterocycles. The van der Waals surface area contributed by atoms with Crippen molar-refractivity contribution in [2.75, 3.05) is 10.6 Å². The van der Waals surface area contributed by atoms with E-state index in [1.807, 2.05) is 57.2 Å². The van der Waals surface area contributed by atoms with E-state index in [-0.39, 0.29) is 23.6 Å². The number of hydrogen-bond donors (Lipinski definition) is 4. The van der Waals surface area contributed by atoms with E-state index in [1.54, 1.807) is 12.4 Å². The monoisotopic (exact) mass is 471 g/mol. The molecule has 0 unspecified atom stereocenters. The van der Waals surface area contributed by atoms with Gasteiger partial charge in [-0.05, 0) is 75.1 Å². The Bertz CT molecular complexity index is 1280. The summed E-state index contributed by atoms with van der Waals surface area (Å²) in [5.41, 5.74) is 10.7. The third-order valence-electron chi connectivity index (χ3n) is 5.55. The molecule has 0 radical (unpaired) electrons. The van der Waals surface area contributed by atoms with Crippen LogP contribution in [0.2, 0.25) is 0 Å². The molecule has 0 spiro atoms. The summed E-state index contributed by atoms with van der Waals surface area (Å²) in [6.45, 7) is 5.88. The van der Waals surface area contributed by atoms with Crippen LogP contribution in [0, 0.1) is 12.8 Å². The summed E-state index contributed by atoms with van der Waals surface area (Å²) in [5.74, 6) is 0.220. The second-order valence-electron chi connectivity index (χ2n) is 8.93. The summed E-state index contributed by atoms with van der Waals surface area (Å²) in [6, 6.07) is 11.3. The zero-order chi connectivity index (χ0) is 24.9. The summed E-state index contributed by atoms with van der Waals surface area (Å²) in [7, 11) is 0. The van der Waals surface area contributed by atoms with Crippen LogP contribution < -0.4 is 21.7 Å². The second-order valence-corrected chi connectivity index (χ2v) is 8.93. The van der Waals surface area contributed by atoms with Crippen LogP contribution in [-0.2, 0) is 9.59 Å². The minimum Gasteiger partial charge on any atom is -0.393 e. The van der Waals surface area contributed by atoms with Gasteiger partial charge < -0.3 is 21.7 Å². The highest BCUT2D eigenvalue weighted by molar-refractivity contribution is 6.03. The first kappa shape index (κ1) is 23.9. The van der Waals surface area contributed by atoms with Crippen molar-refractivity contribution in [3.63, 3.8) is 0 Å². The van der Waals surface area contributed by atoms with Crippen molar-refractivity contribution in [3.05, 3.63) is 66.3 Å². The molecule has 0 bridgehead atoms. The highest BCUT2D eigenvalue weighted by Crippen LogP contribution is 2.31. The van der Waals surface area contributed by atoms with Gasteiger partial charge in [-0.25, -0.2) is 4.98 Å². The second kappa shape index (κ2) is 10.3. The van der Waals surface area contributed by atoms with Gasteiger partial charge in [0.15, 0.2) is 0 Å². The van der Waals surface area contributed by atoms with Crippen molar-refractivity contribution in [2.24, 2.45) is 11.7 Å². The Morgan fingerprint density at radius 2 is 1.89 bits per heavy atom. The van der Waals surface area contributed by atoms with Crippen molar-refractivity contribution in [1.82, 2.24) is 20.5 Å². The minimum atomic E-state index is -0.398. The third-order valence-corrected chi connectivity index (χ3v) is 5.55. The van der Waals surface area contributed by atoms with Crippen LogP contribution in [0.3, 0.4) is 0 Å². The zero-order valence-electron chi connectivity index (χ0n) is 20.0. The molecule has 9 nitrogen and oxygen atoms in total. The van der Waals surface area contributed by atoms with Gasteiger partial charge in [0.05, 0.1) is 11.9 Å². The smallest absolute Gasteiger partial charge is 0.273 e. The Morgan fingerprint density at radius 1 is 1.09 bits per heavy atom. The average Bonchev–Trinajstić information content (AvgIpc) is 3.70. The quantitative estimate of drug-likeness (QED) is 0.369. The third kappa shape index (κ3) is 6.20. The van der Waals surface area contributed by atoms with Crippen LogP contribution in [0.4, 0.5) is 11.5 Å². The molecule has 1 saturated carbocycles. The summed E-state index contributed by atoms with van der Waals surface area (Å²) in [6.07, 6.45) is 6.69. The molecule has 1 aliphatic carbocycles. The Balaban J connectivity index is 1.56. The fraction of sp³-hybridized carbons (Fsp3) is 0.269. The fourth-order valence-corrected chi connectivity index (χ4v) is 3.41. The number of amides is 2. The maximum absolute atomic E-state index is 12.4. The van der Waals surface area contributed by atoms with Crippen LogP contribution in [0.25, 0.3) is 22.4 Å². The maximum Gasteiger partial charge on any atom is 0.273 e. The van der Waals surface area contributed by atoms with E-state index in [0.717, 1.165) is 35.1 Å². The van der Waals surface area contributed by atoms with Gasteiger partial charge in [0, 0.05) is 41.2 Å². The highest BCUT2D eigenvalue weighted by Gasteiger charge is 2.29. The molecule has 2 heterocycles. The molecule has 3 aromatic rings. The highest BCUT2D eigenvalue weighted by atomic mass is 16.2. The molecule has 180 valence electrons. The average molecular weight is 472 g/mol. The van der Waals surface area contributed by atoms with E-state index in [0.29, 0.717) is 17.2 Å². The van der Waals surface area contributed by atoms with Crippen molar-refractivity contribution in [3.8, 4) is 22.4 Å². The van der Waals surface area contributed by atoms with Crippen LogP contribution in [0.5, 0.6) is 0 Å². The number of carbonyl (C=O) groups excluding carboxylic acids is 2. The molecule has 9 heteroatoms. The normalized spacial score (nSPS) is 13.4. The fourth-order valence-electron chi connectivity index (χ4n) is 3.41. The molecule has 0 aliphatic heterocycles. The number of nitrogens with two attached hydrogens (primary N) is 1. The number of aryl methyl sites for hydroxylation is 1. The topological polar surface area (TPSA) is 135 Å². The SMILES string of the molecule is Cc1ccc(NC(=O)/C(N)=C/NC(C)C)cc1-c1cc(-c2ccnc(NC(=O)C3CC3)c2)cnn1. The number of anilines is 2. The lowest BCUT2D eigenvalue weighted by Gasteiger charge is -2.12. The molecule has 1 fully saturated rings. The number of pyridine rings is 1.